The molecule has 1 atom stereocenters. The maximum absolute atomic E-state index is 13.9. The molecule has 0 aliphatic rings. The maximum atomic E-state index is 13.9. The van der Waals surface area contributed by atoms with Crippen molar-refractivity contribution < 1.29 is 9.13 Å². The Kier molecular flexibility index (Phi) is 4.93. The minimum atomic E-state index is -0.305. The zero-order chi connectivity index (χ0) is 14.5. The Morgan fingerprint density at radius 2 is 2.20 bits per heavy atom. The highest BCUT2D eigenvalue weighted by Crippen LogP contribution is 2.26. The second-order valence-electron chi connectivity index (χ2n) is 4.38. The topological polar surface area (TPSA) is 34.2 Å². The Hall–Kier alpha value is -1.65. The fourth-order valence-electron chi connectivity index (χ4n) is 2.11. The molecule has 1 heterocycles. The molecule has 1 unspecified atom stereocenters. The van der Waals surface area contributed by atoms with Crippen LogP contribution in [0.1, 0.15) is 17.2 Å². The molecule has 1 aromatic heterocycles. The number of nitrogens with zero attached hydrogens (tertiary/aromatic N) is 1. The second kappa shape index (κ2) is 6.68. The number of methoxy groups -OCH3 is 1. The number of rotatable bonds is 5. The molecular formula is C15H16ClFN2O. The third-order valence-corrected chi connectivity index (χ3v) is 3.39. The highest BCUT2D eigenvalue weighted by atomic mass is 35.5. The summed E-state index contributed by atoms with van der Waals surface area (Å²) in [6.07, 6.45) is 2.15. The van der Waals surface area contributed by atoms with Gasteiger partial charge in [-0.05, 0) is 37.2 Å². The number of pyridine rings is 1. The summed E-state index contributed by atoms with van der Waals surface area (Å²) in [6, 6.07) is 8.37. The van der Waals surface area contributed by atoms with Crippen LogP contribution in [0.4, 0.5) is 4.39 Å². The molecule has 2 aromatic rings. The SMILES string of the molecule is CNC(Cc1ccc(Cl)cc1F)c1cccnc1OC. The van der Waals surface area contributed by atoms with Gasteiger partial charge in [0.05, 0.1) is 7.11 Å². The van der Waals surface area contributed by atoms with E-state index in [0.717, 1.165) is 5.56 Å². The molecule has 0 amide bonds. The summed E-state index contributed by atoms with van der Waals surface area (Å²) < 4.78 is 19.1. The third kappa shape index (κ3) is 3.26. The lowest BCUT2D eigenvalue weighted by Gasteiger charge is -2.19. The van der Waals surface area contributed by atoms with Gasteiger partial charge < -0.3 is 10.1 Å². The fourth-order valence-corrected chi connectivity index (χ4v) is 2.27. The van der Waals surface area contributed by atoms with Crippen LogP contribution in [0.5, 0.6) is 5.88 Å². The van der Waals surface area contributed by atoms with Crippen molar-refractivity contribution in [3.05, 3.63) is 58.5 Å². The van der Waals surface area contributed by atoms with E-state index >= 15 is 0 Å². The van der Waals surface area contributed by atoms with Crippen molar-refractivity contribution in [2.45, 2.75) is 12.5 Å². The van der Waals surface area contributed by atoms with Crippen LogP contribution >= 0.6 is 11.6 Å². The molecule has 1 N–H and O–H groups in total. The van der Waals surface area contributed by atoms with Crippen molar-refractivity contribution >= 4 is 11.6 Å². The Morgan fingerprint density at radius 3 is 2.85 bits per heavy atom. The number of benzene rings is 1. The van der Waals surface area contributed by atoms with Crippen LogP contribution in [0.15, 0.2) is 36.5 Å². The smallest absolute Gasteiger partial charge is 0.217 e. The number of hydrogen-bond donors (Lipinski definition) is 1. The number of nitrogens with one attached hydrogen (secondary N) is 1. The molecule has 0 spiro atoms. The molecule has 20 heavy (non-hydrogen) atoms. The summed E-state index contributed by atoms with van der Waals surface area (Å²) in [6.45, 7) is 0. The van der Waals surface area contributed by atoms with Gasteiger partial charge in [-0.1, -0.05) is 23.7 Å². The van der Waals surface area contributed by atoms with E-state index < -0.39 is 0 Å². The number of aromatic nitrogens is 1. The van der Waals surface area contributed by atoms with E-state index in [1.54, 1.807) is 25.4 Å². The Labute approximate surface area is 122 Å². The molecule has 1 aromatic carbocycles. The minimum absolute atomic E-state index is 0.0886. The van der Waals surface area contributed by atoms with Crippen LogP contribution in [0.25, 0.3) is 0 Å². The maximum Gasteiger partial charge on any atom is 0.217 e. The number of hydrogen-bond acceptors (Lipinski definition) is 3. The van der Waals surface area contributed by atoms with Gasteiger partial charge in [0.25, 0.3) is 0 Å². The normalized spacial score (nSPS) is 12.2. The van der Waals surface area contributed by atoms with Gasteiger partial charge in [-0.2, -0.15) is 0 Å². The van der Waals surface area contributed by atoms with Gasteiger partial charge in [-0.25, -0.2) is 9.37 Å². The highest BCUT2D eigenvalue weighted by molar-refractivity contribution is 6.30. The first-order chi connectivity index (χ1) is 9.65. The predicted octanol–water partition coefficient (Wildman–Crippen LogP) is 3.39. The average molecular weight is 295 g/mol. The van der Waals surface area contributed by atoms with E-state index in [0.29, 0.717) is 22.9 Å². The van der Waals surface area contributed by atoms with E-state index in [1.165, 1.54) is 6.07 Å². The summed E-state index contributed by atoms with van der Waals surface area (Å²) in [5, 5.41) is 3.56. The van der Waals surface area contributed by atoms with Crippen molar-refractivity contribution in [3.63, 3.8) is 0 Å². The Balaban J connectivity index is 2.29. The molecule has 0 aliphatic carbocycles. The summed E-state index contributed by atoms with van der Waals surface area (Å²) in [5.74, 6) is 0.238. The largest absolute Gasteiger partial charge is 0.481 e. The van der Waals surface area contributed by atoms with E-state index in [9.17, 15) is 4.39 Å². The zero-order valence-corrected chi connectivity index (χ0v) is 12.1. The lowest BCUT2D eigenvalue weighted by molar-refractivity contribution is 0.384. The molecule has 2 rings (SSSR count). The van der Waals surface area contributed by atoms with E-state index in [2.05, 4.69) is 10.3 Å². The first-order valence-electron chi connectivity index (χ1n) is 6.25. The summed E-state index contributed by atoms with van der Waals surface area (Å²) in [5.41, 5.74) is 1.49. The van der Waals surface area contributed by atoms with Crippen molar-refractivity contribution in [1.29, 1.82) is 0 Å². The zero-order valence-electron chi connectivity index (χ0n) is 11.4. The van der Waals surface area contributed by atoms with Crippen molar-refractivity contribution in [2.24, 2.45) is 0 Å². The first-order valence-corrected chi connectivity index (χ1v) is 6.63. The van der Waals surface area contributed by atoms with Crippen molar-refractivity contribution in [1.82, 2.24) is 10.3 Å². The lowest BCUT2D eigenvalue weighted by atomic mass is 9.99. The van der Waals surface area contributed by atoms with E-state index in [4.69, 9.17) is 16.3 Å². The molecule has 0 radical (unpaired) electrons. The van der Waals surface area contributed by atoms with Gasteiger partial charge in [-0.15, -0.1) is 0 Å². The molecule has 0 saturated heterocycles. The number of halogens is 2. The van der Waals surface area contributed by atoms with Gasteiger partial charge in [0.1, 0.15) is 5.82 Å². The molecule has 0 fully saturated rings. The van der Waals surface area contributed by atoms with Crippen LogP contribution in [-0.4, -0.2) is 19.1 Å². The standard InChI is InChI=1S/C15H16ClFN2O/c1-18-14(12-4-3-7-19-15(12)20-2)8-10-5-6-11(16)9-13(10)17/h3-7,9,14,18H,8H2,1-2H3. The summed E-state index contributed by atoms with van der Waals surface area (Å²) in [4.78, 5) is 4.17. The lowest BCUT2D eigenvalue weighted by Crippen LogP contribution is -2.20. The van der Waals surface area contributed by atoms with Gasteiger partial charge >= 0.3 is 0 Å². The van der Waals surface area contributed by atoms with Crippen LogP contribution in [0.3, 0.4) is 0 Å². The third-order valence-electron chi connectivity index (χ3n) is 3.16. The van der Waals surface area contributed by atoms with E-state index in [1.807, 2.05) is 19.2 Å². The molecule has 106 valence electrons. The Morgan fingerprint density at radius 1 is 1.40 bits per heavy atom. The second-order valence-corrected chi connectivity index (χ2v) is 4.82. The average Bonchev–Trinajstić information content (AvgIpc) is 2.46. The van der Waals surface area contributed by atoms with Crippen LogP contribution in [0.2, 0.25) is 5.02 Å². The minimum Gasteiger partial charge on any atom is -0.481 e. The Bertz CT molecular complexity index is 592. The number of ether oxygens (including phenoxy) is 1. The molecule has 0 bridgehead atoms. The summed E-state index contributed by atoms with van der Waals surface area (Å²) in [7, 11) is 3.40. The molecular weight excluding hydrogens is 279 g/mol. The van der Waals surface area contributed by atoms with Gasteiger partial charge in [-0.3, -0.25) is 0 Å². The van der Waals surface area contributed by atoms with Gasteiger partial charge in [0.15, 0.2) is 0 Å². The number of likely N-dealkylation sites (N-methyl/N-ethyl adjacent to an activating group) is 1. The molecule has 5 heteroatoms. The molecule has 0 aliphatic heterocycles. The van der Waals surface area contributed by atoms with E-state index in [-0.39, 0.29) is 11.9 Å². The van der Waals surface area contributed by atoms with Crippen LogP contribution in [0, 0.1) is 5.82 Å². The van der Waals surface area contributed by atoms with Crippen LogP contribution < -0.4 is 10.1 Å². The predicted molar refractivity (Wildman–Crippen MR) is 77.7 cm³/mol. The highest BCUT2D eigenvalue weighted by Gasteiger charge is 2.17. The molecule has 3 nitrogen and oxygen atoms in total. The summed E-state index contributed by atoms with van der Waals surface area (Å²) >= 11 is 5.77. The fraction of sp³-hybridized carbons (Fsp3) is 0.267. The van der Waals surface area contributed by atoms with Gasteiger partial charge in [0, 0.05) is 22.8 Å². The molecule has 0 saturated carbocycles. The quantitative estimate of drug-likeness (QED) is 0.918. The van der Waals surface area contributed by atoms with Gasteiger partial charge in [0.2, 0.25) is 5.88 Å². The van der Waals surface area contributed by atoms with Crippen molar-refractivity contribution in [2.75, 3.05) is 14.2 Å². The van der Waals surface area contributed by atoms with Crippen molar-refractivity contribution in [3.8, 4) is 5.88 Å². The van der Waals surface area contributed by atoms with Crippen LogP contribution in [-0.2, 0) is 6.42 Å². The first kappa shape index (κ1) is 14.8. The monoisotopic (exact) mass is 294 g/mol.